The molecule has 0 bridgehead atoms. The maximum Gasteiger partial charge on any atom is 0.335 e. The van der Waals surface area contributed by atoms with Gasteiger partial charge in [0, 0.05) is 7.05 Å². The molecule has 0 saturated heterocycles. The molecule has 1 aliphatic rings. The van der Waals surface area contributed by atoms with E-state index in [2.05, 4.69) is 5.32 Å². The molecule has 0 aliphatic carbocycles. The lowest BCUT2D eigenvalue weighted by Gasteiger charge is -2.28. The summed E-state index contributed by atoms with van der Waals surface area (Å²) < 4.78 is 5.20. The highest BCUT2D eigenvalue weighted by Crippen LogP contribution is 2.32. The summed E-state index contributed by atoms with van der Waals surface area (Å²) in [5.74, 6) is -1.46. The van der Waals surface area contributed by atoms with Gasteiger partial charge in [0.1, 0.15) is 12.3 Å². The van der Waals surface area contributed by atoms with Crippen LogP contribution < -0.4 is 15.0 Å². The fraction of sp³-hybridized carbons (Fsp3) is 0.250. The minimum Gasteiger partial charge on any atom is -0.482 e. The van der Waals surface area contributed by atoms with Gasteiger partial charge in [0.15, 0.2) is 6.61 Å². The smallest absolute Gasteiger partial charge is 0.335 e. The normalized spacial score (nSPS) is 13.5. The van der Waals surface area contributed by atoms with E-state index in [0.29, 0.717) is 11.4 Å². The van der Waals surface area contributed by atoms with Crippen LogP contribution in [-0.2, 0) is 9.59 Å². The average molecular weight is 264 g/mol. The molecule has 1 aromatic carbocycles. The van der Waals surface area contributed by atoms with Crippen LogP contribution in [0.25, 0.3) is 0 Å². The number of carbonyl (C=O) groups is 3. The number of hydrogen-bond acceptors (Lipinski definition) is 4. The Balaban J connectivity index is 2.41. The van der Waals surface area contributed by atoms with Crippen LogP contribution in [0.2, 0.25) is 0 Å². The largest absolute Gasteiger partial charge is 0.482 e. The highest BCUT2D eigenvalue weighted by Gasteiger charge is 2.27. The summed E-state index contributed by atoms with van der Waals surface area (Å²) in [6.45, 7) is -0.342. The predicted molar refractivity (Wildman–Crippen MR) is 65.3 cm³/mol. The van der Waals surface area contributed by atoms with Gasteiger partial charge in [-0.25, -0.2) is 4.79 Å². The minimum atomic E-state index is -1.11. The van der Waals surface area contributed by atoms with Crippen LogP contribution in [0.1, 0.15) is 10.4 Å². The van der Waals surface area contributed by atoms with E-state index in [4.69, 9.17) is 9.84 Å². The summed E-state index contributed by atoms with van der Waals surface area (Å²) in [5.41, 5.74) is 0.318. The molecular weight excluding hydrogens is 252 g/mol. The number of carbonyl (C=O) groups excluding carboxylic acids is 2. The minimum absolute atomic E-state index is 0.0268. The number of ether oxygens (including phenoxy) is 1. The number of benzene rings is 1. The first-order valence-corrected chi connectivity index (χ1v) is 5.54. The SMILES string of the molecule is CNC(=O)CN1C(=O)COc2ccc(C(=O)O)cc21. The number of aromatic carboxylic acids is 1. The zero-order valence-corrected chi connectivity index (χ0v) is 10.2. The Hall–Kier alpha value is -2.57. The molecule has 1 aromatic rings. The molecule has 0 atom stereocenters. The highest BCUT2D eigenvalue weighted by molar-refractivity contribution is 6.03. The van der Waals surface area contributed by atoms with Crippen LogP contribution >= 0.6 is 0 Å². The molecule has 0 unspecified atom stereocenters. The molecule has 19 heavy (non-hydrogen) atoms. The monoisotopic (exact) mass is 264 g/mol. The molecule has 1 heterocycles. The molecule has 1 aliphatic heterocycles. The Bertz CT molecular complexity index is 555. The number of rotatable bonds is 3. The summed E-state index contributed by atoms with van der Waals surface area (Å²) in [7, 11) is 1.46. The van der Waals surface area contributed by atoms with E-state index < -0.39 is 11.9 Å². The first-order chi connectivity index (χ1) is 9.02. The van der Waals surface area contributed by atoms with Crippen LogP contribution in [0.3, 0.4) is 0 Å². The lowest BCUT2D eigenvalue weighted by Crippen LogP contribution is -2.44. The fourth-order valence-electron chi connectivity index (χ4n) is 1.73. The zero-order valence-electron chi connectivity index (χ0n) is 10.2. The Kier molecular flexibility index (Phi) is 3.37. The molecule has 7 nitrogen and oxygen atoms in total. The molecule has 2 rings (SSSR count). The number of nitrogens with zero attached hydrogens (tertiary/aromatic N) is 1. The van der Waals surface area contributed by atoms with Gasteiger partial charge >= 0.3 is 5.97 Å². The summed E-state index contributed by atoms with van der Waals surface area (Å²) in [4.78, 5) is 35.3. The van der Waals surface area contributed by atoms with Crippen LogP contribution in [0.4, 0.5) is 5.69 Å². The fourth-order valence-corrected chi connectivity index (χ4v) is 1.73. The van der Waals surface area contributed by atoms with Crippen molar-refractivity contribution in [1.82, 2.24) is 5.32 Å². The topological polar surface area (TPSA) is 95.9 Å². The Morgan fingerprint density at radius 2 is 2.21 bits per heavy atom. The maximum atomic E-state index is 11.8. The van der Waals surface area contributed by atoms with Crippen LogP contribution in [0, 0.1) is 0 Å². The van der Waals surface area contributed by atoms with Gasteiger partial charge < -0.3 is 15.2 Å². The Labute approximate surface area is 108 Å². The zero-order chi connectivity index (χ0) is 14.0. The molecular formula is C12H12N2O5. The summed E-state index contributed by atoms with van der Waals surface area (Å²) in [5, 5.41) is 11.4. The van der Waals surface area contributed by atoms with Gasteiger partial charge in [0.05, 0.1) is 11.3 Å². The maximum absolute atomic E-state index is 11.8. The second-order valence-electron chi connectivity index (χ2n) is 3.93. The van der Waals surface area contributed by atoms with Crippen molar-refractivity contribution in [3.8, 4) is 5.75 Å². The number of anilines is 1. The van der Waals surface area contributed by atoms with Gasteiger partial charge in [-0.05, 0) is 18.2 Å². The molecule has 0 aromatic heterocycles. The van der Waals surface area contributed by atoms with E-state index in [-0.39, 0.29) is 24.6 Å². The number of likely N-dealkylation sites (N-methyl/N-ethyl adjacent to an activating group) is 1. The third-order valence-electron chi connectivity index (χ3n) is 2.73. The van der Waals surface area contributed by atoms with Crippen molar-refractivity contribution in [2.45, 2.75) is 0 Å². The lowest BCUT2D eigenvalue weighted by atomic mass is 10.1. The molecule has 100 valence electrons. The van der Waals surface area contributed by atoms with Crippen molar-refractivity contribution in [2.75, 3.05) is 25.1 Å². The summed E-state index contributed by atoms with van der Waals surface area (Å²) >= 11 is 0. The van der Waals surface area contributed by atoms with Crippen LogP contribution in [0.5, 0.6) is 5.75 Å². The first-order valence-electron chi connectivity index (χ1n) is 5.54. The van der Waals surface area contributed by atoms with Crippen molar-refractivity contribution < 1.29 is 24.2 Å². The number of fused-ring (bicyclic) bond motifs is 1. The molecule has 7 heteroatoms. The second kappa shape index (κ2) is 4.97. The summed E-state index contributed by atoms with van der Waals surface area (Å²) in [6.07, 6.45) is 0. The third-order valence-corrected chi connectivity index (χ3v) is 2.73. The van der Waals surface area contributed by atoms with Gasteiger partial charge in [-0.1, -0.05) is 0 Å². The predicted octanol–water partition coefficient (Wildman–Crippen LogP) is -0.144. The number of amides is 2. The Morgan fingerprint density at radius 1 is 1.47 bits per heavy atom. The van der Waals surface area contributed by atoms with Gasteiger partial charge in [-0.15, -0.1) is 0 Å². The van der Waals surface area contributed by atoms with E-state index >= 15 is 0 Å². The van der Waals surface area contributed by atoms with Crippen molar-refractivity contribution >= 4 is 23.5 Å². The van der Waals surface area contributed by atoms with Crippen LogP contribution in [-0.4, -0.2) is 43.1 Å². The molecule has 0 saturated carbocycles. The van der Waals surface area contributed by atoms with Gasteiger partial charge in [0.2, 0.25) is 5.91 Å². The van der Waals surface area contributed by atoms with Crippen LogP contribution in [0.15, 0.2) is 18.2 Å². The summed E-state index contributed by atoms with van der Waals surface area (Å²) in [6, 6.07) is 4.18. The molecule has 0 fully saturated rings. The number of carboxylic acid groups (broad SMARTS) is 1. The van der Waals surface area contributed by atoms with Gasteiger partial charge in [0.25, 0.3) is 5.91 Å². The first kappa shape index (κ1) is 12.9. The molecule has 0 radical (unpaired) electrons. The lowest BCUT2D eigenvalue weighted by molar-refractivity contribution is -0.125. The number of nitrogens with one attached hydrogen (secondary N) is 1. The van der Waals surface area contributed by atoms with Crippen molar-refractivity contribution in [3.05, 3.63) is 23.8 Å². The van der Waals surface area contributed by atoms with E-state index in [1.54, 1.807) is 0 Å². The second-order valence-corrected chi connectivity index (χ2v) is 3.93. The van der Waals surface area contributed by atoms with E-state index in [0.717, 1.165) is 0 Å². The van der Waals surface area contributed by atoms with Gasteiger partial charge in [-0.2, -0.15) is 0 Å². The van der Waals surface area contributed by atoms with Crippen molar-refractivity contribution in [3.63, 3.8) is 0 Å². The van der Waals surface area contributed by atoms with E-state index in [1.165, 1.54) is 30.1 Å². The van der Waals surface area contributed by atoms with E-state index in [1.807, 2.05) is 0 Å². The number of carboxylic acids is 1. The third kappa shape index (κ3) is 2.49. The number of hydrogen-bond donors (Lipinski definition) is 2. The standard InChI is InChI=1S/C12H12N2O5/c1-13-10(15)5-14-8-4-7(12(17)18)2-3-9(8)19-6-11(14)16/h2-4H,5-6H2,1H3,(H,13,15)(H,17,18). The quantitative estimate of drug-likeness (QED) is 0.792. The van der Waals surface area contributed by atoms with Crippen molar-refractivity contribution in [1.29, 1.82) is 0 Å². The van der Waals surface area contributed by atoms with E-state index in [9.17, 15) is 14.4 Å². The molecule has 2 amide bonds. The highest BCUT2D eigenvalue weighted by atomic mass is 16.5. The average Bonchev–Trinajstić information content (AvgIpc) is 2.41. The van der Waals surface area contributed by atoms with Gasteiger partial charge in [-0.3, -0.25) is 14.5 Å². The Morgan fingerprint density at radius 3 is 2.84 bits per heavy atom. The molecule has 0 spiro atoms. The molecule has 2 N–H and O–H groups in total. The van der Waals surface area contributed by atoms with Crippen molar-refractivity contribution in [2.24, 2.45) is 0 Å².